The lowest BCUT2D eigenvalue weighted by atomic mass is 10.0. The second-order valence-electron chi connectivity index (χ2n) is 8.62. The number of carbonyl (C=O) groups excluding carboxylic acids is 2. The molecule has 5 aromatic rings. The molecule has 0 aliphatic rings. The third kappa shape index (κ3) is 6.98. The van der Waals surface area contributed by atoms with Crippen LogP contribution < -0.4 is 28.5 Å². The fourth-order valence-electron chi connectivity index (χ4n) is 4.25. The maximum Gasteiger partial charge on any atom is 0.310 e. The van der Waals surface area contributed by atoms with Crippen molar-refractivity contribution >= 4 is 61.6 Å². The molecule has 2 aromatic heterocycles. The van der Waals surface area contributed by atoms with Gasteiger partial charge in [-0.05, 0) is 47.5 Å². The SMILES string of the molecule is CCOC(=O)Cc1c(C(=O)c2ccc(Br)cc2)sc(SCc2ccc3ccccc3c2)c1-[n+]1ccccc1.[I-]. The molecule has 198 valence electrons. The number of nitrogens with zero attached hydrogens (tertiary/aromatic N) is 1. The maximum atomic E-state index is 13.8. The molecule has 0 unspecified atom stereocenters. The Morgan fingerprint density at radius 1 is 0.923 bits per heavy atom. The van der Waals surface area contributed by atoms with Crippen molar-refractivity contribution in [3.63, 3.8) is 0 Å². The summed E-state index contributed by atoms with van der Waals surface area (Å²) in [5.74, 6) is 0.285. The Balaban J connectivity index is 0.00000353. The smallest absolute Gasteiger partial charge is 0.310 e. The van der Waals surface area contributed by atoms with E-state index in [0.717, 1.165) is 20.1 Å². The number of thiophene rings is 1. The number of carbonyl (C=O) groups is 2. The number of ketones is 1. The normalized spacial score (nSPS) is 10.7. The molecule has 0 saturated heterocycles. The van der Waals surface area contributed by atoms with Gasteiger partial charge in [-0.2, -0.15) is 4.57 Å². The first-order valence-electron chi connectivity index (χ1n) is 12.2. The summed E-state index contributed by atoms with van der Waals surface area (Å²) in [6.45, 7) is 2.08. The van der Waals surface area contributed by atoms with Crippen molar-refractivity contribution in [2.45, 2.75) is 23.3 Å². The van der Waals surface area contributed by atoms with Gasteiger partial charge in [-0.1, -0.05) is 64.5 Å². The predicted molar refractivity (Wildman–Crippen MR) is 157 cm³/mol. The number of halogens is 2. The molecule has 0 bridgehead atoms. The molecule has 0 amide bonds. The third-order valence-electron chi connectivity index (χ3n) is 6.04. The van der Waals surface area contributed by atoms with E-state index in [1.165, 1.54) is 27.7 Å². The van der Waals surface area contributed by atoms with Gasteiger partial charge < -0.3 is 28.7 Å². The van der Waals surface area contributed by atoms with Crippen molar-refractivity contribution in [2.24, 2.45) is 0 Å². The molecule has 8 heteroatoms. The number of thioether (sulfide) groups is 1. The first kappa shape index (κ1) is 29.5. The van der Waals surface area contributed by atoms with Crippen LogP contribution in [0.5, 0.6) is 0 Å². The Bertz CT molecular complexity index is 1600. The van der Waals surface area contributed by atoms with Crippen molar-refractivity contribution in [1.29, 1.82) is 0 Å². The fourth-order valence-corrected chi connectivity index (χ4v) is 7.04. The number of fused-ring (bicyclic) bond motifs is 1. The van der Waals surface area contributed by atoms with E-state index in [4.69, 9.17) is 4.74 Å². The first-order valence-corrected chi connectivity index (χ1v) is 14.8. The number of aromatic nitrogens is 1. The molecule has 0 fully saturated rings. The molecule has 0 spiro atoms. The number of pyridine rings is 1. The quantitative estimate of drug-likeness (QED) is 0.0734. The van der Waals surface area contributed by atoms with Crippen LogP contribution in [0.3, 0.4) is 0 Å². The van der Waals surface area contributed by atoms with Crippen molar-refractivity contribution in [3.05, 3.63) is 123 Å². The van der Waals surface area contributed by atoms with E-state index in [-0.39, 0.29) is 48.8 Å². The summed E-state index contributed by atoms with van der Waals surface area (Å²) >= 11 is 6.57. The number of esters is 1. The Morgan fingerprint density at radius 3 is 2.36 bits per heavy atom. The second-order valence-corrected chi connectivity index (χ2v) is 11.8. The largest absolute Gasteiger partial charge is 1.00 e. The van der Waals surface area contributed by atoms with Gasteiger partial charge in [0.25, 0.3) is 0 Å². The highest BCUT2D eigenvalue weighted by atomic mass is 127. The van der Waals surface area contributed by atoms with Crippen molar-refractivity contribution < 1.29 is 42.9 Å². The van der Waals surface area contributed by atoms with Crippen LogP contribution in [0.1, 0.15) is 33.3 Å². The van der Waals surface area contributed by atoms with Crippen molar-refractivity contribution in [2.75, 3.05) is 6.61 Å². The van der Waals surface area contributed by atoms with E-state index < -0.39 is 0 Å². The lowest BCUT2D eigenvalue weighted by Gasteiger charge is -2.06. The van der Waals surface area contributed by atoms with E-state index in [0.29, 0.717) is 16.0 Å². The van der Waals surface area contributed by atoms with E-state index in [2.05, 4.69) is 46.3 Å². The van der Waals surface area contributed by atoms with Crippen LogP contribution in [-0.2, 0) is 21.7 Å². The van der Waals surface area contributed by atoms with Crippen LogP contribution in [-0.4, -0.2) is 18.4 Å². The molecule has 2 heterocycles. The summed E-state index contributed by atoms with van der Waals surface area (Å²) < 4.78 is 9.18. The monoisotopic (exact) mass is 729 g/mol. The summed E-state index contributed by atoms with van der Waals surface area (Å²) in [5.41, 5.74) is 3.32. The molecule has 0 aliphatic heterocycles. The zero-order valence-electron chi connectivity index (χ0n) is 21.1. The lowest BCUT2D eigenvalue weighted by Crippen LogP contribution is -3.00. The molecule has 39 heavy (non-hydrogen) atoms. The summed E-state index contributed by atoms with van der Waals surface area (Å²) in [5, 5.41) is 2.40. The van der Waals surface area contributed by atoms with Crippen LogP contribution in [0.4, 0.5) is 0 Å². The van der Waals surface area contributed by atoms with Gasteiger partial charge in [-0.15, -0.1) is 23.1 Å². The van der Waals surface area contributed by atoms with E-state index >= 15 is 0 Å². The minimum Gasteiger partial charge on any atom is -1.00 e. The van der Waals surface area contributed by atoms with E-state index in [9.17, 15) is 9.59 Å². The Morgan fingerprint density at radius 2 is 1.64 bits per heavy atom. The molecule has 4 nitrogen and oxygen atoms in total. The van der Waals surface area contributed by atoms with Gasteiger partial charge in [0.1, 0.15) is 4.21 Å². The number of hydrogen-bond acceptors (Lipinski definition) is 5. The first-order chi connectivity index (χ1) is 18.5. The highest BCUT2D eigenvalue weighted by Gasteiger charge is 2.31. The number of benzene rings is 3. The average molecular weight is 730 g/mol. The number of rotatable bonds is 9. The summed E-state index contributed by atoms with van der Waals surface area (Å²) in [6, 6.07) is 28.0. The highest BCUT2D eigenvalue weighted by molar-refractivity contribution is 9.10. The number of ether oxygens (including phenoxy) is 1. The Labute approximate surface area is 261 Å². The van der Waals surface area contributed by atoms with E-state index in [1.807, 2.05) is 59.4 Å². The fraction of sp³-hybridized carbons (Fsp3) is 0.129. The molecule has 0 aliphatic carbocycles. The zero-order chi connectivity index (χ0) is 26.5. The van der Waals surface area contributed by atoms with Crippen LogP contribution in [0.2, 0.25) is 0 Å². The van der Waals surface area contributed by atoms with E-state index in [1.54, 1.807) is 30.8 Å². The van der Waals surface area contributed by atoms with Crippen molar-refractivity contribution in [3.8, 4) is 5.69 Å². The van der Waals surface area contributed by atoms with Crippen LogP contribution >= 0.6 is 39.0 Å². The summed E-state index contributed by atoms with van der Waals surface area (Å²) in [7, 11) is 0. The molecule has 3 aromatic carbocycles. The van der Waals surface area contributed by atoms with Gasteiger partial charge in [0.2, 0.25) is 11.5 Å². The van der Waals surface area contributed by atoms with Crippen LogP contribution in [0.25, 0.3) is 16.5 Å². The average Bonchev–Trinajstić information content (AvgIpc) is 3.30. The molecule has 0 atom stereocenters. The minimum absolute atomic E-state index is 0. The van der Waals surface area contributed by atoms with Crippen molar-refractivity contribution in [1.82, 2.24) is 0 Å². The standard InChI is InChI=1S/C31H25BrNO3S2.HI/c1-2-36-27(34)19-26-28(33-16-6-3-7-17-33)31(38-30(26)29(35)23-12-14-25(32)15-13-23)37-20-21-10-11-22-8-4-5-9-24(22)18-21;/h3-18H,2,19-20H2,1H3;1H/q+1;/p-1. The molecule has 0 saturated carbocycles. The molecule has 5 rings (SSSR count). The maximum absolute atomic E-state index is 13.8. The van der Waals surface area contributed by atoms with Gasteiger partial charge in [-0.25, -0.2) is 0 Å². The Hall–Kier alpha value is -2.53. The topological polar surface area (TPSA) is 47.3 Å². The van der Waals surface area contributed by atoms with Gasteiger partial charge in [-0.3, -0.25) is 9.59 Å². The third-order valence-corrected chi connectivity index (χ3v) is 9.12. The minimum atomic E-state index is -0.348. The van der Waals surface area contributed by atoms with Gasteiger partial charge in [0.15, 0.2) is 12.4 Å². The van der Waals surface area contributed by atoms with Gasteiger partial charge in [0, 0.05) is 27.9 Å². The van der Waals surface area contributed by atoms with Crippen LogP contribution in [0, 0.1) is 0 Å². The zero-order valence-corrected chi connectivity index (χ0v) is 26.5. The lowest BCUT2D eigenvalue weighted by molar-refractivity contribution is -0.598. The number of hydrogen-bond donors (Lipinski definition) is 0. The van der Waals surface area contributed by atoms with Gasteiger partial charge in [0.05, 0.1) is 23.5 Å². The summed E-state index contributed by atoms with van der Waals surface area (Å²) in [4.78, 5) is 27.0. The molecule has 0 N–H and O–H groups in total. The molecular weight excluding hydrogens is 705 g/mol. The highest BCUT2D eigenvalue weighted by Crippen LogP contribution is 2.40. The molecule has 0 radical (unpaired) electrons. The van der Waals surface area contributed by atoms with Crippen LogP contribution in [0.15, 0.2) is 106 Å². The second kappa shape index (κ2) is 13.7. The predicted octanol–water partition coefficient (Wildman–Crippen LogP) is 4.57. The molecular formula is C31H25BrINO3S2. The summed E-state index contributed by atoms with van der Waals surface area (Å²) in [6.07, 6.45) is 3.92. The Kier molecular flexibility index (Phi) is 10.3. The van der Waals surface area contributed by atoms with Gasteiger partial charge >= 0.3 is 5.97 Å².